The molecule has 0 spiro atoms. The molecular formula is C14H20N2O2. The smallest absolute Gasteiger partial charge is 0.245 e. The third-order valence-corrected chi connectivity index (χ3v) is 3.54. The Morgan fingerprint density at radius 2 is 1.94 bits per heavy atom. The zero-order valence-electron chi connectivity index (χ0n) is 11.1. The van der Waals surface area contributed by atoms with Gasteiger partial charge in [-0.3, -0.25) is 4.79 Å². The number of benzene rings is 1. The Balaban J connectivity index is 2.27. The number of aliphatic hydroxyl groups excluding tert-OH is 1. The number of rotatable bonds is 2. The van der Waals surface area contributed by atoms with Gasteiger partial charge in [-0.05, 0) is 38.5 Å². The van der Waals surface area contributed by atoms with Crippen molar-refractivity contribution in [3.8, 4) is 0 Å². The first kappa shape index (κ1) is 12.9. The molecule has 4 heteroatoms. The molecule has 18 heavy (non-hydrogen) atoms. The van der Waals surface area contributed by atoms with Crippen LogP contribution >= 0.6 is 0 Å². The molecule has 1 fully saturated rings. The highest BCUT2D eigenvalue weighted by atomic mass is 16.3. The SMILES string of the molecule is C[C@@H](O)c1ccc(N2CCNC(=O)C2(C)C)cc1. The fraction of sp³-hybridized carbons (Fsp3) is 0.500. The molecule has 1 aliphatic rings. The van der Waals surface area contributed by atoms with Gasteiger partial charge >= 0.3 is 0 Å². The molecule has 1 heterocycles. The Morgan fingerprint density at radius 1 is 1.33 bits per heavy atom. The molecule has 1 amide bonds. The number of piperazine rings is 1. The van der Waals surface area contributed by atoms with Crippen LogP contribution in [0.3, 0.4) is 0 Å². The zero-order valence-corrected chi connectivity index (χ0v) is 11.1. The maximum absolute atomic E-state index is 11.9. The van der Waals surface area contributed by atoms with E-state index < -0.39 is 11.6 Å². The van der Waals surface area contributed by atoms with Crippen LogP contribution in [0.15, 0.2) is 24.3 Å². The zero-order chi connectivity index (χ0) is 13.3. The Bertz CT molecular complexity index is 438. The summed E-state index contributed by atoms with van der Waals surface area (Å²) in [5, 5.41) is 12.4. The molecule has 1 aromatic rings. The van der Waals surface area contributed by atoms with Crippen molar-refractivity contribution in [2.24, 2.45) is 0 Å². The number of nitrogens with one attached hydrogen (secondary N) is 1. The first-order valence-electron chi connectivity index (χ1n) is 6.27. The monoisotopic (exact) mass is 248 g/mol. The molecule has 1 saturated heterocycles. The topological polar surface area (TPSA) is 52.6 Å². The van der Waals surface area contributed by atoms with Crippen LogP contribution in [0, 0.1) is 0 Å². The molecule has 0 radical (unpaired) electrons. The average Bonchev–Trinajstić information content (AvgIpc) is 2.33. The van der Waals surface area contributed by atoms with Crippen molar-refractivity contribution < 1.29 is 9.90 Å². The van der Waals surface area contributed by atoms with Crippen molar-refractivity contribution in [1.29, 1.82) is 0 Å². The minimum Gasteiger partial charge on any atom is -0.389 e. The van der Waals surface area contributed by atoms with Gasteiger partial charge in [0.2, 0.25) is 5.91 Å². The van der Waals surface area contributed by atoms with Gasteiger partial charge in [-0.2, -0.15) is 0 Å². The number of aliphatic hydroxyl groups is 1. The van der Waals surface area contributed by atoms with E-state index >= 15 is 0 Å². The van der Waals surface area contributed by atoms with Gasteiger partial charge in [-0.15, -0.1) is 0 Å². The Kier molecular flexibility index (Phi) is 3.30. The number of carbonyl (C=O) groups excluding carboxylic acids is 1. The van der Waals surface area contributed by atoms with Gasteiger partial charge in [0.25, 0.3) is 0 Å². The summed E-state index contributed by atoms with van der Waals surface area (Å²) >= 11 is 0. The normalized spacial score (nSPS) is 20.4. The van der Waals surface area contributed by atoms with Crippen molar-refractivity contribution in [3.63, 3.8) is 0 Å². The molecule has 4 nitrogen and oxygen atoms in total. The van der Waals surface area contributed by atoms with Crippen LogP contribution in [-0.4, -0.2) is 29.6 Å². The molecule has 0 aliphatic carbocycles. The number of hydrogen-bond acceptors (Lipinski definition) is 3. The van der Waals surface area contributed by atoms with E-state index in [9.17, 15) is 9.90 Å². The molecule has 1 aromatic carbocycles. The molecule has 0 unspecified atom stereocenters. The van der Waals surface area contributed by atoms with Crippen molar-refractivity contribution in [2.75, 3.05) is 18.0 Å². The highest BCUT2D eigenvalue weighted by molar-refractivity contribution is 5.90. The maximum Gasteiger partial charge on any atom is 0.245 e. The Hall–Kier alpha value is -1.55. The third kappa shape index (κ3) is 2.20. The average molecular weight is 248 g/mol. The predicted octanol–water partition coefficient (Wildman–Crippen LogP) is 1.45. The van der Waals surface area contributed by atoms with Crippen molar-refractivity contribution in [1.82, 2.24) is 5.32 Å². The number of amides is 1. The first-order chi connectivity index (χ1) is 8.43. The van der Waals surface area contributed by atoms with Crippen LogP contribution < -0.4 is 10.2 Å². The summed E-state index contributed by atoms with van der Waals surface area (Å²) in [5.41, 5.74) is 1.36. The summed E-state index contributed by atoms with van der Waals surface area (Å²) in [5.74, 6) is 0.0494. The molecule has 2 rings (SSSR count). The van der Waals surface area contributed by atoms with Gasteiger partial charge in [-0.1, -0.05) is 12.1 Å². The second kappa shape index (κ2) is 4.61. The van der Waals surface area contributed by atoms with Crippen LogP contribution in [0.4, 0.5) is 5.69 Å². The highest BCUT2D eigenvalue weighted by Gasteiger charge is 2.37. The van der Waals surface area contributed by atoms with Crippen LogP contribution in [-0.2, 0) is 4.79 Å². The van der Waals surface area contributed by atoms with Crippen LogP contribution in [0.5, 0.6) is 0 Å². The summed E-state index contributed by atoms with van der Waals surface area (Å²) in [6.45, 7) is 7.05. The lowest BCUT2D eigenvalue weighted by atomic mass is 9.97. The second-order valence-corrected chi connectivity index (χ2v) is 5.23. The summed E-state index contributed by atoms with van der Waals surface area (Å²) < 4.78 is 0. The minimum atomic E-state index is -0.537. The molecule has 98 valence electrons. The molecule has 0 saturated carbocycles. The lowest BCUT2D eigenvalue weighted by molar-refractivity contribution is -0.126. The maximum atomic E-state index is 11.9. The third-order valence-electron chi connectivity index (χ3n) is 3.54. The van der Waals surface area contributed by atoms with Gasteiger partial charge in [0.1, 0.15) is 5.54 Å². The van der Waals surface area contributed by atoms with E-state index in [1.807, 2.05) is 38.1 Å². The van der Waals surface area contributed by atoms with E-state index in [0.717, 1.165) is 17.8 Å². The van der Waals surface area contributed by atoms with Crippen LogP contribution in [0.1, 0.15) is 32.4 Å². The number of nitrogens with zero attached hydrogens (tertiary/aromatic N) is 1. The summed E-state index contributed by atoms with van der Waals surface area (Å²) in [6.07, 6.45) is -0.461. The van der Waals surface area contributed by atoms with Gasteiger partial charge in [0, 0.05) is 18.8 Å². The molecular weight excluding hydrogens is 228 g/mol. The highest BCUT2D eigenvalue weighted by Crippen LogP contribution is 2.27. The largest absolute Gasteiger partial charge is 0.389 e. The standard InChI is InChI=1S/C14H20N2O2/c1-10(17)11-4-6-12(7-5-11)16-9-8-15-13(18)14(16,2)3/h4-7,10,17H,8-9H2,1-3H3,(H,15,18)/t10-/m1/s1. The van der Waals surface area contributed by atoms with E-state index in [1.54, 1.807) is 6.92 Å². The van der Waals surface area contributed by atoms with E-state index in [1.165, 1.54) is 0 Å². The second-order valence-electron chi connectivity index (χ2n) is 5.23. The van der Waals surface area contributed by atoms with Gasteiger partial charge in [0.05, 0.1) is 6.10 Å². The van der Waals surface area contributed by atoms with Crippen molar-refractivity contribution in [3.05, 3.63) is 29.8 Å². The summed E-state index contributed by atoms with van der Waals surface area (Å²) in [4.78, 5) is 14.0. The fourth-order valence-electron chi connectivity index (χ4n) is 2.28. The van der Waals surface area contributed by atoms with E-state index in [0.29, 0.717) is 6.54 Å². The van der Waals surface area contributed by atoms with Gasteiger partial charge < -0.3 is 15.3 Å². The molecule has 2 N–H and O–H groups in total. The lowest BCUT2D eigenvalue weighted by Gasteiger charge is -2.42. The van der Waals surface area contributed by atoms with Gasteiger partial charge in [-0.25, -0.2) is 0 Å². The number of hydrogen-bond donors (Lipinski definition) is 2. The van der Waals surface area contributed by atoms with E-state index in [2.05, 4.69) is 10.2 Å². The molecule has 1 aliphatic heterocycles. The number of carbonyl (C=O) groups is 1. The van der Waals surface area contributed by atoms with Crippen LogP contribution in [0.25, 0.3) is 0 Å². The van der Waals surface area contributed by atoms with E-state index in [4.69, 9.17) is 0 Å². The molecule has 0 aromatic heterocycles. The molecule has 0 bridgehead atoms. The lowest BCUT2D eigenvalue weighted by Crippen LogP contribution is -2.62. The van der Waals surface area contributed by atoms with Crippen molar-refractivity contribution in [2.45, 2.75) is 32.4 Å². The summed E-state index contributed by atoms with van der Waals surface area (Å²) in [6, 6.07) is 7.73. The van der Waals surface area contributed by atoms with Gasteiger partial charge in [0.15, 0.2) is 0 Å². The minimum absolute atomic E-state index is 0.0494. The Labute approximate surface area is 108 Å². The first-order valence-corrected chi connectivity index (χ1v) is 6.27. The van der Waals surface area contributed by atoms with Crippen LogP contribution in [0.2, 0.25) is 0 Å². The quantitative estimate of drug-likeness (QED) is 0.833. The number of anilines is 1. The van der Waals surface area contributed by atoms with Crippen molar-refractivity contribution >= 4 is 11.6 Å². The predicted molar refractivity (Wildman–Crippen MR) is 71.5 cm³/mol. The fourth-order valence-corrected chi connectivity index (χ4v) is 2.28. The Morgan fingerprint density at radius 3 is 2.50 bits per heavy atom. The molecule has 1 atom stereocenters. The summed E-state index contributed by atoms with van der Waals surface area (Å²) in [7, 11) is 0. The van der Waals surface area contributed by atoms with E-state index in [-0.39, 0.29) is 5.91 Å².